The van der Waals surface area contributed by atoms with Crippen molar-refractivity contribution in [3.8, 4) is 0 Å². The monoisotopic (exact) mass is 210 g/mol. The van der Waals surface area contributed by atoms with Crippen molar-refractivity contribution in [1.29, 1.82) is 0 Å². The van der Waals surface area contributed by atoms with E-state index >= 15 is 0 Å². The van der Waals surface area contributed by atoms with Crippen LogP contribution in [0.3, 0.4) is 0 Å². The summed E-state index contributed by atoms with van der Waals surface area (Å²) in [4.78, 5) is 0. The molecule has 0 bridgehead atoms. The average Bonchev–Trinajstić information content (AvgIpc) is 2.68. The van der Waals surface area contributed by atoms with E-state index in [2.05, 4.69) is 27.7 Å². The second kappa shape index (κ2) is 3.23. The van der Waals surface area contributed by atoms with Crippen molar-refractivity contribution in [2.45, 2.75) is 59.8 Å². The first-order valence-electron chi connectivity index (χ1n) is 6.44. The van der Waals surface area contributed by atoms with E-state index in [4.69, 9.17) is 0 Å². The fourth-order valence-corrected chi connectivity index (χ4v) is 4.01. The lowest BCUT2D eigenvalue weighted by Gasteiger charge is -2.40. The number of aliphatic hydroxyl groups is 1. The molecule has 0 aromatic heterocycles. The molecule has 2 saturated carbocycles. The highest BCUT2D eigenvalue weighted by Gasteiger charge is 2.64. The standard InChI is InChI=1S/C14H26O/c1-12(2)7-5-6-11(8-12)14(10-15)9-13(14,3)4/h11,15H,5-10H2,1-4H3. The van der Waals surface area contributed by atoms with Gasteiger partial charge in [-0.05, 0) is 42.4 Å². The summed E-state index contributed by atoms with van der Waals surface area (Å²) in [5.74, 6) is 0.765. The highest BCUT2D eigenvalue weighted by molar-refractivity contribution is 5.13. The molecule has 1 nitrogen and oxygen atoms in total. The second-order valence-electron chi connectivity index (χ2n) is 7.33. The molecule has 2 aliphatic carbocycles. The van der Waals surface area contributed by atoms with Crippen LogP contribution in [-0.2, 0) is 0 Å². The molecular formula is C14H26O. The Morgan fingerprint density at radius 1 is 1.20 bits per heavy atom. The Balaban J connectivity index is 2.11. The minimum Gasteiger partial charge on any atom is -0.396 e. The molecule has 2 rings (SSSR count). The molecule has 1 heteroatoms. The largest absolute Gasteiger partial charge is 0.396 e. The Morgan fingerprint density at radius 2 is 1.80 bits per heavy atom. The van der Waals surface area contributed by atoms with Gasteiger partial charge in [0.05, 0.1) is 0 Å². The van der Waals surface area contributed by atoms with Gasteiger partial charge in [-0.25, -0.2) is 0 Å². The number of aliphatic hydroxyl groups excluding tert-OH is 1. The maximum Gasteiger partial charge on any atom is 0.0495 e. The van der Waals surface area contributed by atoms with Crippen LogP contribution in [0.25, 0.3) is 0 Å². The first-order valence-corrected chi connectivity index (χ1v) is 6.44. The minimum absolute atomic E-state index is 0.269. The lowest BCUT2D eigenvalue weighted by molar-refractivity contribution is 0.0564. The smallest absolute Gasteiger partial charge is 0.0495 e. The molecule has 1 N–H and O–H groups in total. The molecule has 0 heterocycles. The van der Waals surface area contributed by atoms with Gasteiger partial charge in [0.25, 0.3) is 0 Å². The van der Waals surface area contributed by atoms with Gasteiger partial charge in [0.15, 0.2) is 0 Å². The molecule has 88 valence electrons. The molecule has 0 spiro atoms. The van der Waals surface area contributed by atoms with Crippen molar-refractivity contribution in [1.82, 2.24) is 0 Å². The Morgan fingerprint density at radius 3 is 2.20 bits per heavy atom. The van der Waals surface area contributed by atoms with Crippen molar-refractivity contribution in [3.05, 3.63) is 0 Å². The molecule has 0 aromatic carbocycles. The molecule has 2 atom stereocenters. The summed E-state index contributed by atoms with van der Waals surface area (Å²) in [5.41, 5.74) is 1.16. The summed E-state index contributed by atoms with van der Waals surface area (Å²) >= 11 is 0. The Labute approximate surface area is 94.3 Å². The summed E-state index contributed by atoms with van der Waals surface area (Å²) in [7, 11) is 0. The van der Waals surface area contributed by atoms with Crippen LogP contribution in [0.5, 0.6) is 0 Å². The summed E-state index contributed by atoms with van der Waals surface area (Å²) < 4.78 is 0. The van der Waals surface area contributed by atoms with Gasteiger partial charge in [-0.1, -0.05) is 34.1 Å². The van der Waals surface area contributed by atoms with Crippen molar-refractivity contribution in [2.24, 2.45) is 22.2 Å². The highest BCUT2D eigenvalue weighted by atomic mass is 16.3. The zero-order valence-electron chi connectivity index (χ0n) is 10.8. The quantitative estimate of drug-likeness (QED) is 0.738. The Hall–Kier alpha value is -0.0400. The SMILES string of the molecule is CC1(C)CCCC(C2(CO)CC2(C)C)C1. The first-order chi connectivity index (χ1) is 6.83. The normalized spacial score (nSPS) is 42.6. The molecule has 0 aliphatic heterocycles. The van der Waals surface area contributed by atoms with E-state index in [1.54, 1.807) is 0 Å². The molecule has 2 fully saturated rings. The lowest BCUT2D eigenvalue weighted by Crippen LogP contribution is -2.33. The molecule has 2 unspecified atom stereocenters. The van der Waals surface area contributed by atoms with Crippen LogP contribution >= 0.6 is 0 Å². The van der Waals surface area contributed by atoms with Gasteiger partial charge < -0.3 is 5.11 Å². The van der Waals surface area contributed by atoms with Crippen LogP contribution in [0, 0.1) is 22.2 Å². The second-order valence-corrected chi connectivity index (χ2v) is 7.33. The summed E-state index contributed by atoms with van der Waals surface area (Å²) in [6.45, 7) is 9.83. The summed E-state index contributed by atoms with van der Waals surface area (Å²) in [5, 5.41) is 9.71. The van der Waals surface area contributed by atoms with Gasteiger partial charge in [-0.3, -0.25) is 0 Å². The van der Waals surface area contributed by atoms with E-state index in [1.165, 1.54) is 32.1 Å². The summed E-state index contributed by atoms with van der Waals surface area (Å²) in [6, 6.07) is 0. The van der Waals surface area contributed by atoms with Gasteiger partial charge in [-0.15, -0.1) is 0 Å². The van der Waals surface area contributed by atoms with E-state index < -0.39 is 0 Å². The fourth-order valence-electron chi connectivity index (χ4n) is 4.01. The average molecular weight is 210 g/mol. The van der Waals surface area contributed by atoms with Gasteiger partial charge in [0.2, 0.25) is 0 Å². The van der Waals surface area contributed by atoms with E-state index in [-0.39, 0.29) is 5.41 Å². The maximum absolute atomic E-state index is 9.71. The third kappa shape index (κ3) is 1.73. The summed E-state index contributed by atoms with van der Waals surface area (Å²) in [6.07, 6.45) is 6.61. The molecule has 2 aliphatic rings. The van der Waals surface area contributed by atoms with E-state index in [9.17, 15) is 5.11 Å². The Kier molecular flexibility index (Phi) is 2.46. The number of hydrogen-bond donors (Lipinski definition) is 1. The van der Waals surface area contributed by atoms with Gasteiger partial charge >= 0.3 is 0 Å². The maximum atomic E-state index is 9.71. The van der Waals surface area contributed by atoms with Crippen molar-refractivity contribution in [3.63, 3.8) is 0 Å². The molecule has 0 aromatic rings. The van der Waals surface area contributed by atoms with Crippen molar-refractivity contribution >= 4 is 0 Å². The molecular weight excluding hydrogens is 184 g/mol. The van der Waals surface area contributed by atoms with Crippen LogP contribution in [0.2, 0.25) is 0 Å². The molecule has 0 amide bonds. The highest BCUT2D eigenvalue weighted by Crippen LogP contribution is 2.70. The third-order valence-corrected chi connectivity index (χ3v) is 5.25. The number of rotatable bonds is 2. The van der Waals surface area contributed by atoms with Crippen LogP contribution in [0.4, 0.5) is 0 Å². The zero-order chi connectivity index (χ0) is 11.3. The van der Waals surface area contributed by atoms with Gasteiger partial charge in [0.1, 0.15) is 0 Å². The predicted octanol–water partition coefficient (Wildman–Crippen LogP) is 3.61. The topological polar surface area (TPSA) is 20.2 Å². The third-order valence-electron chi connectivity index (χ3n) is 5.25. The molecule has 0 radical (unpaired) electrons. The lowest BCUT2D eigenvalue weighted by atomic mass is 9.65. The van der Waals surface area contributed by atoms with Gasteiger partial charge in [0, 0.05) is 12.0 Å². The molecule has 0 saturated heterocycles. The van der Waals surface area contributed by atoms with Crippen LogP contribution in [0.1, 0.15) is 59.8 Å². The van der Waals surface area contributed by atoms with E-state index in [0.717, 1.165) is 5.92 Å². The van der Waals surface area contributed by atoms with Crippen molar-refractivity contribution < 1.29 is 5.11 Å². The first kappa shape index (κ1) is 11.4. The molecule has 15 heavy (non-hydrogen) atoms. The van der Waals surface area contributed by atoms with Gasteiger partial charge in [-0.2, -0.15) is 0 Å². The fraction of sp³-hybridized carbons (Fsp3) is 1.00. The van der Waals surface area contributed by atoms with E-state index in [0.29, 0.717) is 17.4 Å². The minimum atomic E-state index is 0.269. The zero-order valence-corrected chi connectivity index (χ0v) is 10.8. The van der Waals surface area contributed by atoms with Crippen LogP contribution in [0.15, 0.2) is 0 Å². The van der Waals surface area contributed by atoms with Crippen molar-refractivity contribution in [2.75, 3.05) is 6.61 Å². The predicted molar refractivity (Wildman–Crippen MR) is 63.7 cm³/mol. The Bertz CT molecular complexity index is 254. The van der Waals surface area contributed by atoms with Crippen LogP contribution in [-0.4, -0.2) is 11.7 Å². The van der Waals surface area contributed by atoms with Crippen LogP contribution < -0.4 is 0 Å². The van der Waals surface area contributed by atoms with E-state index in [1.807, 2.05) is 0 Å². The number of hydrogen-bond acceptors (Lipinski definition) is 1.